The number of carbonyl (C=O) groups is 1. The average molecular weight is 373 g/mol. The summed E-state index contributed by atoms with van der Waals surface area (Å²) in [5.41, 5.74) is 3.58. The van der Waals surface area contributed by atoms with Crippen LogP contribution in [0.2, 0.25) is 0 Å². The molecule has 1 atom stereocenters. The molecule has 0 aliphatic carbocycles. The Morgan fingerprint density at radius 2 is 1.64 bits per heavy atom. The summed E-state index contributed by atoms with van der Waals surface area (Å²) in [6.45, 7) is 1.39. The van der Waals surface area contributed by atoms with Gasteiger partial charge in [0.25, 0.3) is 5.91 Å². The molecule has 1 heterocycles. The van der Waals surface area contributed by atoms with E-state index in [9.17, 15) is 4.79 Å². The monoisotopic (exact) mass is 373 g/mol. The Kier molecular flexibility index (Phi) is 5.69. The molecule has 1 fully saturated rings. The van der Waals surface area contributed by atoms with Crippen molar-refractivity contribution in [1.29, 1.82) is 0 Å². The molecule has 0 unspecified atom stereocenters. The lowest BCUT2D eigenvalue weighted by Crippen LogP contribution is -2.16. The molecule has 28 heavy (non-hydrogen) atoms. The first-order chi connectivity index (χ1) is 13.8. The van der Waals surface area contributed by atoms with E-state index in [0.717, 1.165) is 42.0 Å². The molecule has 1 aliphatic rings. The number of hydrogen-bond acceptors (Lipinski definition) is 3. The molecule has 3 aromatic rings. The summed E-state index contributed by atoms with van der Waals surface area (Å²) in [4.78, 5) is 12.5. The number of amides is 1. The second-order valence-electron chi connectivity index (χ2n) is 6.87. The number of carbonyl (C=O) groups excluding carboxylic acids is 1. The lowest BCUT2D eigenvalue weighted by Gasteiger charge is -2.12. The van der Waals surface area contributed by atoms with Crippen LogP contribution in [0, 0.1) is 0 Å². The predicted molar refractivity (Wildman–Crippen MR) is 111 cm³/mol. The van der Waals surface area contributed by atoms with Crippen LogP contribution >= 0.6 is 0 Å². The van der Waals surface area contributed by atoms with E-state index >= 15 is 0 Å². The van der Waals surface area contributed by atoms with Gasteiger partial charge in [-0.3, -0.25) is 4.79 Å². The fraction of sp³-hybridized carbons (Fsp3) is 0.208. The van der Waals surface area contributed by atoms with Crippen molar-refractivity contribution in [2.75, 3.05) is 18.5 Å². The first kappa shape index (κ1) is 18.3. The summed E-state index contributed by atoms with van der Waals surface area (Å²) in [6, 6.07) is 25.1. The Bertz CT molecular complexity index is 899. The molecular formula is C24H23NO3. The quantitative estimate of drug-likeness (QED) is 0.649. The standard InChI is InChI=1S/C24H23NO3/c26-24(20-10-8-19(9-11-20)18-5-2-1-3-6-18)25-21-12-14-22(15-13-21)28-17-23-7-4-16-27-23/h1-3,5-6,8-15,23H,4,7,16-17H2,(H,25,26)/t23-/m1/s1. The van der Waals surface area contributed by atoms with Crippen LogP contribution in [0.5, 0.6) is 5.75 Å². The summed E-state index contributed by atoms with van der Waals surface area (Å²) in [6.07, 6.45) is 2.35. The Hall–Kier alpha value is -3.11. The molecule has 4 rings (SSSR count). The van der Waals surface area contributed by atoms with Crippen molar-refractivity contribution in [2.45, 2.75) is 18.9 Å². The van der Waals surface area contributed by atoms with Gasteiger partial charge in [0.1, 0.15) is 12.4 Å². The highest BCUT2D eigenvalue weighted by Gasteiger charge is 2.16. The summed E-state index contributed by atoms with van der Waals surface area (Å²) < 4.78 is 11.3. The second-order valence-corrected chi connectivity index (χ2v) is 6.87. The van der Waals surface area contributed by atoms with E-state index in [0.29, 0.717) is 12.2 Å². The van der Waals surface area contributed by atoms with Crippen LogP contribution in [0.25, 0.3) is 11.1 Å². The minimum atomic E-state index is -0.132. The fourth-order valence-electron chi connectivity index (χ4n) is 3.25. The maximum Gasteiger partial charge on any atom is 0.255 e. The molecule has 0 radical (unpaired) electrons. The Morgan fingerprint density at radius 3 is 2.32 bits per heavy atom. The topological polar surface area (TPSA) is 47.6 Å². The third kappa shape index (κ3) is 4.59. The van der Waals surface area contributed by atoms with Gasteiger partial charge < -0.3 is 14.8 Å². The van der Waals surface area contributed by atoms with E-state index in [4.69, 9.17) is 9.47 Å². The van der Waals surface area contributed by atoms with E-state index in [1.165, 1.54) is 0 Å². The van der Waals surface area contributed by atoms with Crippen LogP contribution < -0.4 is 10.1 Å². The Morgan fingerprint density at radius 1 is 0.929 bits per heavy atom. The van der Waals surface area contributed by atoms with Crippen LogP contribution in [-0.2, 0) is 4.74 Å². The summed E-state index contributed by atoms with van der Waals surface area (Å²) in [5, 5.41) is 2.92. The molecule has 3 aromatic carbocycles. The predicted octanol–water partition coefficient (Wildman–Crippen LogP) is 5.16. The highest BCUT2D eigenvalue weighted by Crippen LogP contribution is 2.21. The van der Waals surface area contributed by atoms with Gasteiger partial charge in [0.05, 0.1) is 6.10 Å². The van der Waals surface area contributed by atoms with Crippen molar-refractivity contribution in [1.82, 2.24) is 0 Å². The van der Waals surface area contributed by atoms with Crippen molar-refractivity contribution < 1.29 is 14.3 Å². The van der Waals surface area contributed by atoms with E-state index in [2.05, 4.69) is 17.4 Å². The van der Waals surface area contributed by atoms with Gasteiger partial charge >= 0.3 is 0 Å². The van der Waals surface area contributed by atoms with Crippen molar-refractivity contribution >= 4 is 11.6 Å². The van der Waals surface area contributed by atoms with Gasteiger partial charge in [-0.1, -0.05) is 42.5 Å². The summed E-state index contributed by atoms with van der Waals surface area (Å²) >= 11 is 0. The third-order valence-corrected chi connectivity index (χ3v) is 4.83. The largest absolute Gasteiger partial charge is 0.491 e. The minimum absolute atomic E-state index is 0.132. The molecule has 4 nitrogen and oxygen atoms in total. The molecule has 0 saturated carbocycles. The van der Waals surface area contributed by atoms with Crippen molar-refractivity contribution in [3.05, 3.63) is 84.4 Å². The molecule has 1 amide bonds. The number of anilines is 1. The van der Waals surface area contributed by atoms with Crippen molar-refractivity contribution in [3.8, 4) is 16.9 Å². The highest BCUT2D eigenvalue weighted by atomic mass is 16.5. The Balaban J connectivity index is 1.34. The number of rotatable bonds is 6. The number of benzene rings is 3. The molecule has 1 saturated heterocycles. The number of ether oxygens (including phenoxy) is 2. The Labute approximate surface area is 165 Å². The SMILES string of the molecule is O=C(Nc1ccc(OC[C@H]2CCCO2)cc1)c1ccc(-c2ccccc2)cc1. The van der Waals surface area contributed by atoms with Gasteiger partial charge in [-0.15, -0.1) is 0 Å². The van der Waals surface area contributed by atoms with E-state index in [1.807, 2.05) is 66.7 Å². The molecule has 0 spiro atoms. The summed E-state index contributed by atoms with van der Waals surface area (Å²) in [7, 11) is 0. The maximum atomic E-state index is 12.5. The van der Waals surface area contributed by atoms with E-state index < -0.39 is 0 Å². The maximum absolute atomic E-state index is 12.5. The average Bonchev–Trinajstić information content (AvgIpc) is 3.28. The molecule has 0 bridgehead atoms. The van der Waals surface area contributed by atoms with Crippen LogP contribution in [0.15, 0.2) is 78.9 Å². The van der Waals surface area contributed by atoms with Crippen molar-refractivity contribution in [2.24, 2.45) is 0 Å². The molecular weight excluding hydrogens is 350 g/mol. The number of hydrogen-bond donors (Lipinski definition) is 1. The van der Waals surface area contributed by atoms with Crippen LogP contribution in [0.4, 0.5) is 5.69 Å². The number of nitrogens with one attached hydrogen (secondary N) is 1. The second kappa shape index (κ2) is 8.72. The van der Waals surface area contributed by atoms with E-state index in [1.54, 1.807) is 0 Å². The van der Waals surface area contributed by atoms with Gasteiger partial charge in [-0.2, -0.15) is 0 Å². The normalized spacial score (nSPS) is 15.9. The molecule has 0 aromatic heterocycles. The van der Waals surface area contributed by atoms with Crippen LogP contribution in [-0.4, -0.2) is 25.2 Å². The van der Waals surface area contributed by atoms with Gasteiger partial charge in [-0.25, -0.2) is 0 Å². The van der Waals surface area contributed by atoms with Crippen LogP contribution in [0.1, 0.15) is 23.2 Å². The first-order valence-corrected chi connectivity index (χ1v) is 9.59. The van der Waals surface area contributed by atoms with Crippen LogP contribution in [0.3, 0.4) is 0 Å². The van der Waals surface area contributed by atoms with Crippen molar-refractivity contribution in [3.63, 3.8) is 0 Å². The first-order valence-electron chi connectivity index (χ1n) is 9.59. The van der Waals surface area contributed by atoms with Gasteiger partial charge in [0, 0.05) is 17.9 Å². The fourth-order valence-corrected chi connectivity index (χ4v) is 3.25. The minimum Gasteiger partial charge on any atom is -0.491 e. The van der Waals surface area contributed by atoms with Gasteiger partial charge in [-0.05, 0) is 60.4 Å². The zero-order chi connectivity index (χ0) is 19.2. The molecule has 4 heteroatoms. The highest BCUT2D eigenvalue weighted by molar-refractivity contribution is 6.04. The lowest BCUT2D eigenvalue weighted by atomic mass is 10.0. The third-order valence-electron chi connectivity index (χ3n) is 4.83. The molecule has 1 aliphatic heterocycles. The van der Waals surface area contributed by atoms with Gasteiger partial charge in [0.2, 0.25) is 0 Å². The zero-order valence-corrected chi connectivity index (χ0v) is 15.6. The molecule has 142 valence electrons. The zero-order valence-electron chi connectivity index (χ0n) is 15.6. The van der Waals surface area contributed by atoms with E-state index in [-0.39, 0.29) is 12.0 Å². The summed E-state index contributed by atoms with van der Waals surface area (Å²) in [5.74, 6) is 0.647. The lowest BCUT2D eigenvalue weighted by molar-refractivity contribution is 0.0679. The molecule has 1 N–H and O–H groups in total. The van der Waals surface area contributed by atoms with Gasteiger partial charge in [0.15, 0.2) is 0 Å². The smallest absolute Gasteiger partial charge is 0.255 e.